The van der Waals surface area contributed by atoms with Crippen LogP contribution in [-0.4, -0.2) is 41.5 Å². The van der Waals surface area contributed by atoms with E-state index in [0.29, 0.717) is 24.3 Å². The standard InChI is InChI=1S/C20H27N3O/c24-20(9-8-15-13-22-19-7-2-1-6-17(15)19)23-12-10-18-16(14-23)5-3-4-11-21-18/h1-2,6-7,13,16,18,21-22H,3-5,8-12,14H2/t16-,18+/m0/s1. The Labute approximate surface area is 143 Å². The van der Waals surface area contributed by atoms with E-state index >= 15 is 0 Å². The van der Waals surface area contributed by atoms with Crippen molar-refractivity contribution >= 4 is 16.8 Å². The number of H-pyrrole nitrogens is 1. The van der Waals surface area contributed by atoms with Crippen LogP contribution >= 0.6 is 0 Å². The fraction of sp³-hybridized carbons (Fsp3) is 0.550. The number of piperidine rings is 1. The number of carbonyl (C=O) groups is 1. The van der Waals surface area contributed by atoms with Crippen LogP contribution in [0.15, 0.2) is 30.5 Å². The van der Waals surface area contributed by atoms with Gasteiger partial charge >= 0.3 is 0 Å². The highest BCUT2D eigenvalue weighted by molar-refractivity contribution is 5.84. The fourth-order valence-electron chi connectivity index (χ4n) is 4.38. The Bertz CT molecular complexity index is 708. The zero-order valence-electron chi connectivity index (χ0n) is 14.3. The highest BCUT2D eigenvalue weighted by Gasteiger charge is 2.31. The lowest BCUT2D eigenvalue weighted by atomic mass is 9.89. The number of likely N-dealkylation sites (tertiary alicyclic amines) is 1. The molecule has 0 saturated carbocycles. The molecule has 4 heteroatoms. The van der Waals surface area contributed by atoms with E-state index in [1.54, 1.807) is 0 Å². The second-order valence-corrected chi connectivity index (χ2v) is 7.30. The molecule has 4 nitrogen and oxygen atoms in total. The summed E-state index contributed by atoms with van der Waals surface area (Å²) in [7, 11) is 0. The summed E-state index contributed by atoms with van der Waals surface area (Å²) in [4.78, 5) is 18.1. The van der Waals surface area contributed by atoms with Gasteiger partial charge < -0.3 is 15.2 Å². The molecule has 1 aromatic heterocycles. The molecule has 2 atom stereocenters. The van der Waals surface area contributed by atoms with E-state index in [4.69, 9.17) is 0 Å². The van der Waals surface area contributed by atoms with Crippen molar-refractivity contribution in [3.8, 4) is 0 Å². The van der Waals surface area contributed by atoms with Crippen LogP contribution in [0.3, 0.4) is 0 Å². The number of aromatic nitrogens is 1. The zero-order chi connectivity index (χ0) is 16.4. The second kappa shape index (κ2) is 6.98. The van der Waals surface area contributed by atoms with Crippen molar-refractivity contribution < 1.29 is 4.79 Å². The quantitative estimate of drug-likeness (QED) is 0.911. The molecule has 0 aliphatic carbocycles. The van der Waals surface area contributed by atoms with Crippen molar-refractivity contribution in [2.45, 2.75) is 44.6 Å². The first kappa shape index (κ1) is 15.7. The second-order valence-electron chi connectivity index (χ2n) is 7.30. The molecule has 0 unspecified atom stereocenters. The lowest BCUT2D eigenvalue weighted by Gasteiger charge is -2.38. The summed E-state index contributed by atoms with van der Waals surface area (Å²) >= 11 is 0. The average Bonchev–Trinajstić information content (AvgIpc) is 2.88. The van der Waals surface area contributed by atoms with E-state index in [1.807, 2.05) is 6.07 Å². The fourth-order valence-corrected chi connectivity index (χ4v) is 4.38. The number of carbonyl (C=O) groups excluding carboxylic acids is 1. The molecule has 2 saturated heterocycles. The van der Waals surface area contributed by atoms with E-state index in [2.05, 4.69) is 39.6 Å². The van der Waals surface area contributed by atoms with Gasteiger partial charge in [-0.3, -0.25) is 4.79 Å². The van der Waals surface area contributed by atoms with Crippen LogP contribution in [0.2, 0.25) is 0 Å². The molecule has 2 aliphatic heterocycles. The first-order valence-corrected chi connectivity index (χ1v) is 9.37. The van der Waals surface area contributed by atoms with Crippen LogP contribution in [-0.2, 0) is 11.2 Å². The predicted octanol–water partition coefficient (Wildman–Crippen LogP) is 3.09. The predicted molar refractivity (Wildman–Crippen MR) is 96.9 cm³/mol. The molecule has 0 bridgehead atoms. The average molecular weight is 325 g/mol. The van der Waals surface area contributed by atoms with Gasteiger partial charge in [0.05, 0.1) is 0 Å². The molecule has 4 rings (SSSR count). The largest absolute Gasteiger partial charge is 0.361 e. The monoisotopic (exact) mass is 325 g/mol. The number of hydrogen-bond donors (Lipinski definition) is 2. The van der Waals surface area contributed by atoms with E-state index < -0.39 is 0 Å². The molecule has 3 heterocycles. The van der Waals surface area contributed by atoms with Crippen molar-refractivity contribution in [3.05, 3.63) is 36.0 Å². The van der Waals surface area contributed by atoms with Crippen molar-refractivity contribution in [1.82, 2.24) is 15.2 Å². The van der Waals surface area contributed by atoms with E-state index in [-0.39, 0.29) is 0 Å². The maximum Gasteiger partial charge on any atom is 0.222 e. The normalized spacial score (nSPS) is 24.6. The lowest BCUT2D eigenvalue weighted by Crippen LogP contribution is -2.50. The van der Waals surface area contributed by atoms with Crippen molar-refractivity contribution in [2.24, 2.45) is 5.92 Å². The molecule has 0 radical (unpaired) electrons. The minimum atomic E-state index is 0.322. The van der Waals surface area contributed by atoms with Crippen LogP contribution in [0, 0.1) is 5.92 Å². The number of nitrogens with one attached hydrogen (secondary N) is 2. The molecule has 2 N–H and O–H groups in total. The molecular weight excluding hydrogens is 298 g/mol. The summed E-state index contributed by atoms with van der Waals surface area (Å²) in [6.07, 6.45) is 8.46. The lowest BCUT2D eigenvalue weighted by molar-refractivity contribution is -0.133. The number of hydrogen-bond acceptors (Lipinski definition) is 2. The molecule has 2 aromatic rings. The Morgan fingerprint density at radius 2 is 2.12 bits per heavy atom. The van der Waals surface area contributed by atoms with Gasteiger partial charge in [-0.15, -0.1) is 0 Å². The third kappa shape index (κ3) is 3.20. The minimum absolute atomic E-state index is 0.322. The molecular formula is C20H27N3O. The molecule has 1 amide bonds. The topological polar surface area (TPSA) is 48.1 Å². The minimum Gasteiger partial charge on any atom is -0.361 e. The van der Waals surface area contributed by atoms with Gasteiger partial charge in [0.15, 0.2) is 0 Å². The van der Waals surface area contributed by atoms with E-state index in [0.717, 1.165) is 38.0 Å². The van der Waals surface area contributed by atoms with Gasteiger partial charge in [-0.2, -0.15) is 0 Å². The smallest absolute Gasteiger partial charge is 0.222 e. The maximum absolute atomic E-state index is 12.7. The summed E-state index contributed by atoms with van der Waals surface area (Å²) in [5.74, 6) is 0.973. The van der Waals surface area contributed by atoms with E-state index in [9.17, 15) is 4.79 Å². The molecule has 128 valence electrons. The number of fused-ring (bicyclic) bond motifs is 2. The first-order chi connectivity index (χ1) is 11.8. The van der Waals surface area contributed by atoms with Crippen LogP contribution in [0.5, 0.6) is 0 Å². The van der Waals surface area contributed by atoms with Gasteiger partial charge in [-0.1, -0.05) is 24.6 Å². The summed E-state index contributed by atoms with van der Waals surface area (Å²) < 4.78 is 0. The Balaban J connectivity index is 1.36. The van der Waals surface area contributed by atoms with Gasteiger partial charge in [0.25, 0.3) is 0 Å². The Morgan fingerprint density at radius 3 is 3.08 bits per heavy atom. The van der Waals surface area contributed by atoms with E-state index in [1.165, 1.54) is 30.2 Å². The molecule has 1 aromatic carbocycles. The number of benzene rings is 1. The number of nitrogens with zero attached hydrogens (tertiary/aromatic N) is 1. The number of aryl methyl sites for hydroxylation is 1. The third-order valence-corrected chi connectivity index (χ3v) is 5.78. The van der Waals surface area contributed by atoms with Gasteiger partial charge in [0.1, 0.15) is 0 Å². The summed E-state index contributed by atoms with van der Waals surface area (Å²) in [6, 6.07) is 8.95. The van der Waals surface area contributed by atoms with Crippen LogP contribution in [0.4, 0.5) is 0 Å². The number of rotatable bonds is 3. The van der Waals surface area contributed by atoms with Crippen molar-refractivity contribution in [1.29, 1.82) is 0 Å². The van der Waals surface area contributed by atoms with Gasteiger partial charge in [0.2, 0.25) is 5.91 Å². The molecule has 24 heavy (non-hydrogen) atoms. The molecule has 0 spiro atoms. The van der Waals surface area contributed by atoms with Crippen molar-refractivity contribution in [3.63, 3.8) is 0 Å². The summed E-state index contributed by atoms with van der Waals surface area (Å²) in [6.45, 7) is 3.01. The van der Waals surface area contributed by atoms with Gasteiger partial charge in [0, 0.05) is 42.7 Å². The Hall–Kier alpha value is -1.81. The van der Waals surface area contributed by atoms with Gasteiger partial charge in [-0.25, -0.2) is 0 Å². The Morgan fingerprint density at radius 1 is 1.21 bits per heavy atom. The highest BCUT2D eigenvalue weighted by atomic mass is 16.2. The number of amides is 1. The molecule has 2 fully saturated rings. The number of aromatic amines is 1. The number of para-hydroxylation sites is 1. The third-order valence-electron chi connectivity index (χ3n) is 5.78. The maximum atomic E-state index is 12.7. The molecule has 2 aliphatic rings. The summed E-state index contributed by atoms with van der Waals surface area (Å²) in [5, 5.41) is 4.92. The van der Waals surface area contributed by atoms with Gasteiger partial charge in [-0.05, 0) is 49.8 Å². The highest BCUT2D eigenvalue weighted by Crippen LogP contribution is 2.26. The van der Waals surface area contributed by atoms with Crippen molar-refractivity contribution in [2.75, 3.05) is 19.6 Å². The van der Waals surface area contributed by atoms with Crippen LogP contribution in [0.1, 0.15) is 37.7 Å². The SMILES string of the molecule is O=C(CCc1c[nH]c2ccccc12)N1CC[C@H]2NCCCC[C@H]2C1. The zero-order valence-corrected chi connectivity index (χ0v) is 14.3. The summed E-state index contributed by atoms with van der Waals surface area (Å²) in [5.41, 5.74) is 2.41. The first-order valence-electron chi connectivity index (χ1n) is 9.37. The Kier molecular flexibility index (Phi) is 4.56. The van der Waals surface area contributed by atoms with Crippen LogP contribution < -0.4 is 5.32 Å². The van der Waals surface area contributed by atoms with Crippen LogP contribution in [0.25, 0.3) is 10.9 Å².